The van der Waals surface area contributed by atoms with Gasteiger partial charge in [-0.2, -0.15) is 0 Å². The van der Waals surface area contributed by atoms with Gasteiger partial charge in [-0.1, -0.05) is 38.1 Å². The number of hydrogen-bond donors (Lipinski definition) is 2. The predicted molar refractivity (Wildman–Crippen MR) is 129 cm³/mol. The van der Waals surface area contributed by atoms with Crippen LogP contribution < -0.4 is 10.6 Å². The van der Waals surface area contributed by atoms with Gasteiger partial charge in [0.1, 0.15) is 18.1 Å². The third-order valence-electron chi connectivity index (χ3n) is 6.59. The highest BCUT2D eigenvalue weighted by atomic mass is 16.3. The van der Waals surface area contributed by atoms with Crippen molar-refractivity contribution < 1.29 is 18.8 Å². The molecule has 1 saturated heterocycles. The summed E-state index contributed by atoms with van der Waals surface area (Å²) in [7, 11) is 0. The summed E-state index contributed by atoms with van der Waals surface area (Å²) >= 11 is 0. The van der Waals surface area contributed by atoms with Gasteiger partial charge in [-0.25, -0.2) is 0 Å². The Morgan fingerprint density at radius 1 is 1.15 bits per heavy atom. The van der Waals surface area contributed by atoms with Crippen molar-refractivity contribution in [1.29, 1.82) is 0 Å². The predicted octanol–water partition coefficient (Wildman–Crippen LogP) is 3.39. The molecule has 1 aliphatic carbocycles. The summed E-state index contributed by atoms with van der Waals surface area (Å²) in [5.74, 6) is -0.621. The van der Waals surface area contributed by atoms with Crippen molar-refractivity contribution in [3.8, 4) is 0 Å². The van der Waals surface area contributed by atoms with Gasteiger partial charge in [0.05, 0.1) is 12.5 Å². The number of nitrogens with one attached hydrogen (secondary N) is 2. The molecule has 0 radical (unpaired) electrons. The van der Waals surface area contributed by atoms with E-state index >= 15 is 0 Å². The molecule has 3 amide bonds. The van der Waals surface area contributed by atoms with Crippen LogP contribution in [0.4, 0.5) is 0 Å². The summed E-state index contributed by atoms with van der Waals surface area (Å²) in [4.78, 5) is 42.7. The van der Waals surface area contributed by atoms with Crippen LogP contribution in [0.1, 0.15) is 63.8 Å². The van der Waals surface area contributed by atoms with E-state index < -0.39 is 23.7 Å². The van der Waals surface area contributed by atoms with E-state index in [-0.39, 0.29) is 29.6 Å². The first-order chi connectivity index (χ1) is 16.0. The molecule has 7 heteroatoms. The first-order valence-corrected chi connectivity index (χ1v) is 12.1. The third kappa shape index (κ3) is 4.88. The second-order valence-corrected chi connectivity index (χ2v) is 11.0. The monoisotopic (exact) mass is 465 g/mol. The van der Waals surface area contributed by atoms with E-state index in [9.17, 15) is 14.4 Å². The lowest BCUT2D eigenvalue weighted by Crippen LogP contribution is -2.67. The second kappa shape index (κ2) is 9.28. The number of piperazine rings is 1. The molecule has 182 valence electrons. The van der Waals surface area contributed by atoms with Crippen LogP contribution in [0.3, 0.4) is 0 Å². The van der Waals surface area contributed by atoms with E-state index in [0.29, 0.717) is 12.0 Å². The highest BCUT2D eigenvalue weighted by molar-refractivity contribution is 6.00. The SMILES string of the molecule is CC(C)CC1C(=O)NC(C2Cc3ccccc3C2)C(=O)N1C(C(=O)NC(C)(C)C)c1ccoc1. The minimum atomic E-state index is -0.952. The van der Waals surface area contributed by atoms with Crippen molar-refractivity contribution in [3.05, 3.63) is 59.5 Å². The van der Waals surface area contributed by atoms with Crippen molar-refractivity contribution in [3.63, 3.8) is 0 Å². The quantitative estimate of drug-likeness (QED) is 0.684. The van der Waals surface area contributed by atoms with Crippen LogP contribution in [0.15, 0.2) is 47.3 Å². The molecule has 2 aromatic rings. The van der Waals surface area contributed by atoms with E-state index in [1.165, 1.54) is 28.6 Å². The lowest BCUT2D eigenvalue weighted by molar-refractivity contribution is -0.158. The molecule has 0 saturated carbocycles. The molecule has 1 aromatic heterocycles. The zero-order valence-corrected chi connectivity index (χ0v) is 20.6. The maximum Gasteiger partial charge on any atom is 0.248 e. The number of hydrogen-bond acceptors (Lipinski definition) is 4. The van der Waals surface area contributed by atoms with Gasteiger partial charge in [0.15, 0.2) is 0 Å². The molecular formula is C27H35N3O4. The summed E-state index contributed by atoms with van der Waals surface area (Å²) in [5.41, 5.74) is 2.48. The molecule has 1 fully saturated rings. The molecule has 3 unspecified atom stereocenters. The number of fused-ring (bicyclic) bond motifs is 1. The van der Waals surface area contributed by atoms with Crippen molar-refractivity contribution in [2.45, 2.75) is 77.5 Å². The van der Waals surface area contributed by atoms with Gasteiger partial charge in [0, 0.05) is 11.1 Å². The van der Waals surface area contributed by atoms with Crippen LogP contribution in [-0.2, 0) is 27.2 Å². The van der Waals surface area contributed by atoms with Crippen LogP contribution in [0.25, 0.3) is 0 Å². The molecule has 0 spiro atoms. The highest BCUT2D eigenvalue weighted by Crippen LogP contribution is 2.35. The fourth-order valence-electron chi connectivity index (χ4n) is 5.18. The van der Waals surface area contributed by atoms with Crippen LogP contribution >= 0.6 is 0 Å². The average Bonchev–Trinajstić information content (AvgIpc) is 3.41. The Hall–Kier alpha value is -3.09. The fourth-order valence-corrected chi connectivity index (χ4v) is 5.18. The zero-order valence-electron chi connectivity index (χ0n) is 20.6. The first-order valence-electron chi connectivity index (χ1n) is 12.1. The van der Waals surface area contributed by atoms with E-state index in [4.69, 9.17) is 4.42 Å². The smallest absolute Gasteiger partial charge is 0.248 e. The van der Waals surface area contributed by atoms with Gasteiger partial charge in [-0.15, -0.1) is 0 Å². The van der Waals surface area contributed by atoms with Gasteiger partial charge < -0.3 is 20.0 Å². The standard InChI is InChI=1S/C27H35N3O4/c1-16(2)12-21-24(31)28-22(20-13-17-8-6-7-9-18(17)14-20)26(33)30(21)23(19-10-11-34-15-19)25(32)29-27(3,4)5/h6-11,15-16,20-23H,12-14H2,1-5H3,(H,28,31)(H,29,32). The van der Waals surface area contributed by atoms with Gasteiger partial charge >= 0.3 is 0 Å². The molecule has 0 bridgehead atoms. The maximum absolute atomic E-state index is 14.1. The van der Waals surface area contributed by atoms with Crippen molar-refractivity contribution in [2.24, 2.45) is 11.8 Å². The minimum absolute atomic E-state index is 0.0490. The normalized spacial score (nSPS) is 22.0. The van der Waals surface area contributed by atoms with E-state index in [1.54, 1.807) is 6.07 Å². The average molecular weight is 466 g/mol. The molecule has 1 aliphatic heterocycles. The van der Waals surface area contributed by atoms with Crippen LogP contribution in [0.2, 0.25) is 0 Å². The fraction of sp³-hybridized carbons (Fsp3) is 0.519. The third-order valence-corrected chi connectivity index (χ3v) is 6.59. The van der Waals surface area contributed by atoms with E-state index in [1.807, 2.05) is 46.8 Å². The van der Waals surface area contributed by atoms with Gasteiger partial charge in [-0.3, -0.25) is 14.4 Å². The Kier molecular flexibility index (Phi) is 6.56. The number of amides is 3. The van der Waals surface area contributed by atoms with E-state index in [0.717, 1.165) is 12.8 Å². The number of benzene rings is 1. The number of carbonyl (C=O) groups is 3. The van der Waals surface area contributed by atoms with Crippen LogP contribution in [-0.4, -0.2) is 40.2 Å². The lowest BCUT2D eigenvalue weighted by Gasteiger charge is -2.45. The van der Waals surface area contributed by atoms with Gasteiger partial charge in [0.2, 0.25) is 17.7 Å². The Balaban J connectivity index is 1.72. The summed E-state index contributed by atoms with van der Waals surface area (Å²) in [5, 5.41) is 6.04. The molecule has 2 N–H and O–H groups in total. The zero-order chi connectivity index (χ0) is 24.6. The van der Waals surface area contributed by atoms with Crippen molar-refractivity contribution in [1.82, 2.24) is 15.5 Å². The molecule has 3 atom stereocenters. The molecular weight excluding hydrogens is 430 g/mol. The van der Waals surface area contributed by atoms with Gasteiger partial charge in [0.25, 0.3) is 0 Å². The van der Waals surface area contributed by atoms with Crippen LogP contribution in [0.5, 0.6) is 0 Å². The number of furan rings is 1. The molecule has 4 rings (SSSR count). The molecule has 1 aromatic carbocycles. The number of rotatable bonds is 6. The summed E-state index contributed by atoms with van der Waals surface area (Å²) in [6, 6.07) is 7.48. The van der Waals surface area contributed by atoms with Crippen molar-refractivity contribution >= 4 is 17.7 Å². The lowest BCUT2D eigenvalue weighted by atomic mass is 9.88. The second-order valence-electron chi connectivity index (χ2n) is 11.0. The molecule has 34 heavy (non-hydrogen) atoms. The van der Waals surface area contributed by atoms with Gasteiger partial charge in [-0.05, 0) is 69.1 Å². The summed E-state index contributed by atoms with van der Waals surface area (Å²) in [6.45, 7) is 9.71. The highest BCUT2D eigenvalue weighted by Gasteiger charge is 2.49. The summed E-state index contributed by atoms with van der Waals surface area (Å²) in [6.07, 6.45) is 4.88. The molecule has 7 nitrogen and oxygen atoms in total. The summed E-state index contributed by atoms with van der Waals surface area (Å²) < 4.78 is 5.30. The van der Waals surface area contributed by atoms with E-state index in [2.05, 4.69) is 22.8 Å². The Morgan fingerprint density at radius 3 is 2.32 bits per heavy atom. The first kappa shape index (κ1) is 24.0. The topological polar surface area (TPSA) is 91.7 Å². The van der Waals surface area contributed by atoms with Crippen molar-refractivity contribution in [2.75, 3.05) is 0 Å². The Bertz CT molecular complexity index is 1030. The number of nitrogens with zero attached hydrogens (tertiary/aromatic N) is 1. The van der Waals surface area contributed by atoms with Crippen LogP contribution in [0, 0.1) is 11.8 Å². The Morgan fingerprint density at radius 2 is 1.79 bits per heavy atom. The maximum atomic E-state index is 14.1. The minimum Gasteiger partial charge on any atom is -0.472 e. The number of carbonyl (C=O) groups excluding carboxylic acids is 3. The largest absolute Gasteiger partial charge is 0.472 e. The molecule has 2 aliphatic rings. The Labute approximate surface area is 201 Å². The molecule has 2 heterocycles.